The van der Waals surface area contributed by atoms with Gasteiger partial charge >= 0.3 is 5.97 Å². The average Bonchev–Trinajstić information content (AvgIpc) is 3.08. The second kappa shape index (κ2) is 9.04. The van der Waals surface area contributed by atoms with Crippen LogP contribution in [0.5, 0.6) is 0 Å². The van der Waals surface area contributed by atoms with E-state index >= 15 is 0 Å². The van der Waals surface area contributed by atoms with Gasteiger partial charge in [-0.1, -0.05) is 38.2 Å². The van der Waals surface area contributed by atoms with E-state index in [9.17, 15) is 19.5 Å². The third kappa shape index (κ3) is 4.02. The highest BCUT2D eigenvalue weighted by Crippen LogP contribution is 2.57. The smallest absolute Gasteiger partial charge is 0.313 e. The summed E-state index contributed by atoms with van der Waals surface area (Å²) in [4.78, 5) is 45.2. The zero-order chi connectivity index (χ0) is 25.8. The molecule has 1 N–H and O–H groups in total. The van der Waals surface area contributed by atoms with E-state index in [2.05, 4.69) is 0 Å². The molecule has 2 saturated heterocycles. The van der Waals surface area contributed by atoms with Gasteiger partial charge in [0.15, 0.2) is 0 Å². The van der Waals surface area contributed by atoms with E-state index in [1.807, 2.05) is 65.8 Å². The van der Waals surface area contributed by atoms with Crippen molar-refractivity contribution in [2.75, 3.05) is 19.8 Å². The maximum absolute atomic E-state index is 14.3. The number of aliphatic hydroxyl groups is 1. The molecule has 0 aromatic carbocycles. The molecular formula is C27H40N2O6. The minimum atomic E-state index is -1.34. The van der Waals surface area contributed by atoms with Gasteiger partial charge < -0.3 is 24.4 Å². The number of amides is 2. The van der Waals surface area contributed by atoms with Crippen molar-refractivity contribution in [2.24, 2.45) is 17.8 Å². The molecule has 1 spiro atoms. The molecule has 0 bridgehead atoms. The molecule has 4 heterocycles. The monoisotopic (exact) mass is 488 g/mol. The summed E-state index contributed by atoms with van der Waals surface area (Å²) in [5.74, 6) is -2.98. The predicted molar refractivity (Wildman–Crippen MR) is 130 cm³/mol. The highest BCUT2D eigenvalue weighted by atomic mass is 16.6. The van der Waals surface area contributed by atoms with Crippen LogP contribution in [0.3, 0.4) is 0 Å². The van der Waals surface area contributed by atoms with E-state index in [1.54, 1.807) is 4.90 Å². The van der Waals surface area contributed by atoms with E-state index in [0.29, 0.717) is 6.54 Å². The number of ether oxygens (including phenoxy) is 2. The number of hydrogen-bond donors (Lipinski definition) is 1. The van der Waals surface area contributed by atoms with Crippen molar-refractivity contribution in [1.29, 1.82) is 0 Å². The third-order valence-corrected chi connectivity index (χ3v) is 8.06. The van der Waals surface area contributed by atoms with Crippen molar-refractivity contribution in [3.05, 3.63) is 24.3 Å². The van der Waals surface area contributed by atoms with Gasteiger partial charge in [0.2, 0.25) is 11.8 Å². The Labute approximate surface area is 208 Å². The van der Waals surface area contributed by atoms with Crippen LogP contribution in [0.25, 0.3) is 0 Å². The van der Waals surface area contributed by atoms with Gasteiger partial charge in [-0.25, -0.2) is 0 Å². The van der Waals surface area contributed by atoms with Gasteiger partial charge in [-0.3, -0.25) is 14.4 Å². The molecule has 8 nitrogen and oxygen atoms in total. The molecule has 0 saturated carbocycles. The lowest BCUT2D eigenvalue weighted by molar-refractivity contribution is -0.163. The van der Waals surface area contributed by atoms with E-state index in [4.69, 9.17) is 9.47 Å². The molecule has 2 fully saturated rings. The fraction of sp³-hybridized carbons (Fsp3) is 0.741. The van der Waals surface area contributed by atoms with Gasteiger partial charge in [-0.15, -0.1) is 0 Å². The molecule has 0 radical (unpaired) electrons. The van der Waals surface area contributed by atoms with Crippen LogP contribution in [-0.2, 0) is 23.9 Å². The minimum absolute atomic E-state index is 0.106. The molecule has 8 heteroatoms. The lowest BCUT2D eigenvalue weighted by Gasteiger charge is -2.43. The number of carbonyl (C=O) groups excluding carboxylic acids is 3. The third-order valence-electron chi connectivity index (χ3n) is 8.06. The van der Waals surface area contributed by atoms with Crippen LogP contribution >= 0.6 is 0 Å². The summed E-state index contributed by atoms with van der Waals surface area (Å²) in [6.45, 7) is 11.9. The van der Waals surface area contributed by atoms with Gasteiger partial charge in [0.05, 0.1) is 30.8 Å². The van der Waals surface area contributed by atoms with Crippen LogP contribution in [0.1, 0.15) is 60.8 Å². The number of esters is 1. The standard InChI is InChI=1S/C27H40N2O6/c1-17(2)18(16-30)29-21-23(32)28(25(3,4)5)14-11-13-27(21)19(22(29)31)20-24(33)34-15-10-8-7-9-12-26(20,6)35-27/h9,11-13,17-21,30H,7-8,10,14-16H2,1-6H3/b12-9-/t18-,19-,20+,21?,26-,27-/m0/s1. The normalized spacial score (nSPS) is 37.5. The average molecular weight is 489 g/mol. The molecule has 0 aromatic heterocycles. The van der Waals surface area contributed by atoms with Crippen LogP contribution < -0.4 is 0 Å². The van der Waals surface area contributed by atoms with Gasteiger partial charge in [-0.05, 0) is 52.9 Å². The Kier molecular flexibility index (Phi) is 6.68. The molecular weight excluding hydrogens is 448 g/mol. The zero-order valence-electron chi connectivity index (χ0n) is 21.8. The first-order chi connectivity index (χ1) is 16.4. The van der Waals surface area contributed by atoms with Crippen LogP contribution in [-0.4, -0.2) is 81.3 Å². The highest BCUT2D eigenvalue weighted by Gasteiger charge is 2.75. The number of hydrogen-bond acceptors (Lipinski definition) is 6. The molecule has 0 aromatic rings. The summed E-state index contributed by atoms with van der Waals surface area (Å²) < 4.78 is 12.4. The van der Waals surface area contributed by atoms with Crippen molar-refractivity contribution in [1.82, 2.24) is 9.80 Å². The van der Waals surface area contributed by atoms with E-state index in [1.165, 1.54) is 4.90 Å². The van der Waals surface area contributed by atoms with Crippen molar-refractivity contribution in [3.8, 4) is 0 Å². The Morgan fingerprint density at radius 1 is 1.09 bits per heavy atom. The topological polar surface area (TPSA) is 96.4 Å². The number of likely N-dealkylation sites (tertiary alicyclic amines) is 1. The van der Waals surface area contributed by atoms with Crippen molar-refractivity contribution in [2.45, 2.75) is 89.6 Å². The zero-order valence-corrected chi connectivity index (χ0v) is 21.8. The van der Waals surface area contributed by atoms with Crippen molar-refractivity contribution < 1.29 is 29.0 Å². The summed E-state index contributed by atoms with van der Waals surface area (Å²) in [6.07, 6.45) is 10.1. The second-order valence-corrected chi connectivity index (χ2v) is 11.8. The lowest BCUT2D eigenvalue weighted by Crippen LogP contribution is -2.61. The molecule has 35 heavy (non-hydrogen) atoms. The molecule has 2 amide bonds. The van der Waals surface area contributed by atoms with Gasteiger partial charge in [0.1, 0.15) is 17.6 Å². The number of rotatable bonds is 3. The Morgan fingerprint density at radius 2 is 1.80 bits per heavy atom. The summed E-state index contributed by atoms with van der Waals surface area (Å²) in [6, 6.07) is -1.58. The first kappa shape index (κ1) is 25.9. The molecule has 4 aliphatic heterocycles. The number of fused-ring (bicyclic) bond motifs is 2. The predicted octanol–water partition coefficient (Wildman–Crippen LogP) is 2.45. The summed E-state index contributed by atoms with van der Waals surface area (Å²) >= 11 is 0. The molecule has 4 rings (SSSR count). The second-order valence-electron chi connectivity index (χ2n) is 11.8. The number of allylic oxidation sites excluding steroid dienone is 1. The first-order valence-corrected chi connectivity index (χ1v) is 12.9. The Hall–Kier alpha value is -2.19. The SMILES string of the molecule is CC(C)[C@H](CO)N1C(=O)[C@@H]2[C@@H]3C(=O)OCCCC/C=C\[C@]3(C)O[C@@]23C=CCN(C(C)(C)C)C(=O)C13. The fourth-order valence-corrected chi connectivity index (χ4v) is 6.32. The molecule has 1 unspecified atom stereocenters. The van der Waals surface area contributed by atoms with Gasteiger partial charge in [0, 0.05) is 12.1 Å². The Morgan fingerprint density at radius 3 is 2.43 bits per heavy atom. The first-order valence-electron chi connectivity index (χ1n) is 12.9. The van der Waals surface area contributed by atoms with E-state index < -0.39 is 46.6 Å². The van der Waals surface area contributed by atoms with Crippen molar-refractivity contribution >= 4 is 17.8 Å². The van der Waals surface area contributed by atoms with E-state index in [-0.39, 0.29) is 30.9 Å². The van der Waals surface area contributed by atoms with Crippen molar-refractivity contribution in [3.63, 3.8) is 0 Å². The summed E-state index contributed by atoms with van der Waals surface area (Å²) in [7, 11) is 0. The van der Waals surface area contributed by atoms with Gasteiger partial charge in [-0.2, -0.15) is 0 Å². The quantitative estimate of drug-likeness (QED) is 0.484. The molecule has 0 aliphatic carbocycles. The number of carbonyl (C=O) groups is 3. The molecule has 194 valence electrons. The number of aliphatic hydroxyl groups excluding tert-OH is 1. The Balaban J connectivity index is 1.93. The number of cyclic esters (lactones) is 1. The molecule has 6 atom stereocenters. The van der Waals surface area contributed by atoms with Crippen LogP contribution in [0.2, 0.25) is 0 Å². The lowest BCUT2D eigenvalue weighted by atomic mass is 9.74. The highest BCUT2D eigenvalue weighted by molar-refractivity contribution is 5.99. The maximum atomic E-state index is 14.3. The molecule has 4 aliphatic rings. The summed E-state index contributed by atoms with van der Waals surface area (Å²) in [5.41, 5.74) is -2.94. The Bertz CT molecular complexity index is 936. The number of nitrogens with zero attached hydrogens (tertiary/aromatic N) is 2. The van der Waals surface area contributed by atoms with Crippen LogP contribution in [0.4, 0.5) is 0 Å². The van der Waals surface area contributed by atoms with E-state index in [0.717, 1.165) is 19.3 Å². The maximum Gasteiger partial charge on any atom is 0.313 e. The van der Waals surface area contributed by atoms with Crippen LogP contribution in [0, 0.1) is 17.8 Å². The summed E-state index contributed by atoms with van der Waals surface area (Å²) in [5, 5.41) is 10.3. The largest absolute Gasteiger partial charge is 0.465 e. The van der Waals surface area contributed by atoms with Gasteiger partial charge in [0.25, 0.3) is 0 Å². The minimum Gasteiger partial charge on any atom is -0.465 e. The fourth-order valence-electron chi connectivity index (χ4n) is 6.32. The van der Waals surface area contributed by atoms with Crippen LogP contribution in [0.15, 0.2) is 24.3 Å².